The van der Waals surface area contributed by atoms with Crippen LogP contribution in [0, 0.1) is 5.82 Å². The summed E-state index contributed by atoms with van der Waals surface area (Å²) in [6, 6.07) is 10.6. The number of fused-ring (bicyclic) bond motifs is 1. The molecule has 0 bridgehead atoms. The third-order valence-electron chi connectivity index (χ3n) is 3.35. The van der Waals surface area contributed by atoms with E-state index in [-0.39, 0.29) is 5.82 Å². The quantitative estimate of drug-likeness (QED) is 0.789. The standard InChI is InChI=1S/C16H16FN3/c1-18-9-13-11-20(16-15(13)3-2-8-19-16)10-12-4-6-14(17)7-5-12/h2-8,11,18H,9-10H2,1H3. The van der Waals surface area contributed by atoms with Gasteiger partial charge in [0.1, 0.15) is 11.5 Å². The second kappa shape index (κ2) is 5.43. The molecule has 0 aliphatic heterocycles. The normalized spacial score (nSPS) is 11.1. The first-order valence-electron chi connectivity index (χ1n) is 6.59. The summed E-state index contributed by atoms with van der Waals surface area (Å²) in [7, 11) is 1.93. The smallest absolute Gasteiger partial charge is 0.140 e. The molecule has 20 heavy (non-hydrogen) atoms. The van der Waals surface area contributed by atoms with Crippen LogP contribution < -0.4 is 5.32 Å². The highest BCUT2D eigenvalue weighted by Gasteiger charge is 2.08. The van der Waals surface area contributed by atoms with Gasteiger partial charge in [-0.3, -0.25) is 0 Å². The molecule has 3 rings (SSSR count). The Bertz CT molecular complexity index is 716. The van der Waals surface area contributed by atoms with Crippen molar-refractivity contribution in [3.05, 3.63) is 65.7 Å². The van der Waals surface area contributed by atoms with E-state index in [1.54, 1.807) is 6.20 Å². The van der Waals surface area contributed by atoms with Crippen LogP contribution in [0.4, 0.5) is 4.39 Å². The van der Waals surface area contributed by atoms with Crippen molar-refractivity contribution >= 4 is 11.0 Å². The van der Waals surface area contributed by atoms with E-state index < -0.39 is 0 Å². The van der Waals surface area contributed by atoms with Gasteiger partial charge in [0.2, 0.25) is 0 Å². The van der Waals surface area contributed by atoms with E-state index in [1.165, 1.54) is 17.7 Å². The number of pyridine rings is 1. The SMILES string of the molecule is CNCc1cn(Cc2ccc(F)cc2)c2ncccc12. The third kappa shape index (κ3) is 2.42. The lowest BCUT2D eigenvalue weighted by atomic mass is 10.2. The fourth-order valence-corrected chi connectivity index (χ4v) is 2.43. The molecule has 0 radical (unpaired) electrons. The first-order chi connectivity index (χ1) is 9.78. The van der Waals surface area contributed by atoms with Crippen LogP contribution in [0.5, 0.6) is 0 Å². The van der Waals surface area contributed by atoms with Crippen LogP contribution in [0.3, 0.4) is 0 Å². The number of rotatable bonds is 4. The highest BCUT2D eigenvalue weighted by Crippen LogP contribution is 2.20. The summed E-state index contributed by atoms with van der Waals surface area (Å²) in [4.78, 5) is 4.46. The van der Waals surface area contributed by atoms with Gasteiger partial charge < -0.3 is 9.88 Å². The number of hydrogen-bond donors (Lipinski definition) is 1. The van der Waals surface area contributed by atoms with Crippen LogP contribution in [0.2, 0.25) is 0 Å². The van der Waals surface area contributed by atoms with Gasteiger partial charge in [-0.25, -0.2) is 9.37 Å². The Kier molecular flexibility index (Phi) is 3.48. The van der Waals surface area contributed by atoms with Gasteiger partial charge in [0.25, 0.3) is 0 Å². The van der Waals surface area contributed by atoms with Gasteiger partial charge in [-0.15, -0.1) is 0 Å². The number of hydrogen-bond acceptors (Lipinski definition) is 2. The van der Waals surface area contributed by atoms with Crippen LogP contribution in [-0.4, -0.2) is 16.6 Å². The van der Waals surface area contributed by atoms with Gasteiger partial charge in [-0.1, -0.05) is 12.1 Å². The second-order valence-corrected chi connectivity index (χ2v) is 4.81. The lowest BCUT2D eigenvalue weighted by molar-refractivity contribution is 0.626. The number of halogens is 1. The fraction of sp³-hybridized carbons (Fsp3) is 0.188. The molecule has 0 spiro atoms. The van der Waals surface area contributed by atoms with Gasteiger partial charge in [0.05, 0.1) is 0 Å². The largest absolute Gasteiger partial charge is 0.328 e. The van der Waals surface area contributed by atoms with Crippen molar-refractivity contribution in [2.75, 3.05) is 7.05 Å². The van der Waals surface area contributed by atoms with Gasteiger partial charge in [-0.2, -0.15) is 0 Å². The molecule has 3 nitrogen and oxygen atoms in total. The molecule has 2 heterocycles. The zero-order valence-electron chi connectivity index (χ0n) is 11.3. The van der Waals surface area contributed by atoms with Crippen molar-refractivity contribution in [2.45, 2.75) is 13.1 Å². The molecule has 4 heteroatoms. The van der Waals surface area contributed by atoms with Gasteiger partial charge in [0, 0.05) is 30.9 Å². The van der Waals surface area contributed by atoms with E-state index in [2.05, 4.69) is 27.1 Å². The molecule has 0 aliphatic rings. The summed E-state index contributed by atoms with van der Waals surface area (Å²) in [5, 5.41) is 4.33. The molecule has 0 saturated carbocycles. The van der Waals surface area contributed by atoms with E-state index in [0.29, 0.717) is 6.54 Å². The van der Waals surface area contributed by atoms with Crippen LogP contribution in [0.25, 0.3) is 11.0 Å². The molecule has 0 aliphatic carbocycles. The number of nitrogens with one attached hydrogen (secondary N) is 1. The Balaban J connectivity index is 2.00. The number of nitrogens with zero attached hydrogens (tertiary/aromatic N) is 2. The van der Waals surface area contributed by atoms with Crippen LogP contribution in [0.15, 0.2) is 48.8 Å². The Labute approximate surface area is 117 Å². The maximum absolute atomic E-state index is 13.0. The van der Waals surface area contributed by atoms with Gasteiger partial charge >= 0.3 is 0 Å². The molecule has 102 valence electrons. The predicted octanol–water partition coefficient (Wildman–Crippen LogP) is 2.94. The summed E-state index contributed by atoms with van der Waals surface area (Å²) in [5.74, 6) is -0.208. The summed E-state index contributed by atoms with van der Waals surface area (Å²) < 4.78 is 15.1. The minimum Gasteiger partial charge on any atom is -0.328 e. The molecule has 0 fully saturated rings. The zero-order valence-corrected chi connectivity index (χ0v) is 11.3. The first-order valence-corrected chi connectivity index (χ1v) is 6.59. The Morgan fingerprint density at radius 2 is 2.00 bits per heavy atom. The molecule has 3 aromatic rings. The zero-order chi connectivity index (χ0) is 13.9. The van der Waals surface area contributed by atoms with Gasteiger partial charge in [0.15, 0.2) is 0 Å². The summed E-state index contributed by atoms with van der Waals surface area (Å²) >= 11 is 0. The van der Waals surface area contributed by atoms with Crippen LogP contribution in [0.1, 0.15) is 11.1 Å². The highest BCUT2D eigenvalue weighted by molar-refractivity contribution is 5.80. The lowest BCUT2D eigenvalue weighted by Crippen LogP contribution is -2.04. The highest BCUT2D eigenvalue weighted by atomic mass is 19.1. The second-order valence-electron chi connectivity index (χ2n) is 4.81. The number of aromatic nitrogens is 2. The van der Waals surface area contributed by atoms with Crippen molar-refractivity contribution in [1.29, 1.82) is 0 Å². The van der Waals surface area contributed by atoms with E-state index in [0.717, 1.165) is 23.1 Å². The summed E-state index contributed by atoms with van der Waals surface area (Å²) in [6.45, 7) is 1.50. The molecule has 0 unspecified atom stereocenters. The van der Waals surface area contributed by atoms with Crippen molar-refractivity contribution in [2.24, 2.45) is 0 Å². The molecule has 0 amide bonds. The number of benzene rings is 1. The summed E-state index contributed by atoms with van der Waals surface area (Å²) in [5.41, 5.74) is 3.24. The average molecular weight is 269 g/mol. The molecule has 2 aromatic heterocycles. The maximum Gasteiger partial charge on any atom is 0.140 e. The molecule has 0 saturated heterocycles. The molecule has 1 aromatic carbocycles. The Morgan fingerprint density at radius 1 is 1.20 bits per heavy atom. The van der Waals surface area contributed by atoms with Gasteiger partial charge in [-0.05, 0) is 42.4 Å². The minimum atomic E-state index is -0.208. The molecular formula is C16H16FN3. The predicted molar refractivity (Wildman–Crippen MR) is 78.0 cm³/mol. The molecule has 1 N–H and O–H groups in total. The average Bonchev–Trinajstić information content (AvgIpc) is 2.81. The maximum atomic E-state index is 13.0. The fourth-order valence-electron chi connectivity index (χ4n) is 2.43. The molecule has 0 atom stereocenters. The van der Waals surface area contributed by atoms with E-state index >= 15 is 0 Å². The van der Waals surface area contributed by atoms with E-state index in [1.807, 2.05) is 25.2 Å². The Hall–Kier alpha value is -2.20. The van der Waals surface area contributed by atoms with E-state index in [4.69, 9.17) is 0 Å². The van der Waals surface area contributed by atoms with Crippen molar-refractivity contribution in [3.8, 4) is 0 Å². The Morgan fingerprint density at radius 3 is 2.75 bits per heavy atom. The minimum absolute atomic E-state index is 0.208. The van der Waals surface area contributed by atoms with Crippen LogP contribution in [-0.2, 0) is 13.1 Å². The van der Waals surface area contributed by atoms with E-state index in [9.17, 15) is 4.39 Å². The summed E-state index contributed by atoms with van der Waals surface area (Å²) in [6.07, 6.45) is 3.91. The van der Waals surface area contributed by atoms with Crippen molar-refractivity contribution < 1.29 is 4.39 Å². The van der Waals surface area contributed by atoms with Crippen molar-refractivity contribution in [3.63, 3.8) is 0 Å². The van der Waals surface area contributed by atoms with Crippen molar-refractivity contribution in [1.82, 2.24) is 14.9 Å². The first kappa shape index (κ1) is 12.8. The molecular weight excluding hydrogens is 253 g/mol. The topological polar surface area (TPSA) is 29.9 Å². The van der Waals surface area contributed by atoms with Crippen LogP contribution >= 0.6 is 0 Å². The monoisotopic (exact) mass is 269 g/mol. The lowest BCUT2D eigenvalue weighted by Gasteiger charge is -2.04. The third-order valence-corrected chi connectivity index (χ3v) is 3.35.